The molecule has 114 valence electrons. The number of aromatic nitrogens is 4. The van der Waals surface area contributed by atoms with Crippen LogP contribution < -0.4 is 10.1 Å². The van der Waals surface area contributed by atoms with E-state index in [1.165, 1.54) is 4.63 Å². The number of rotatable bonds is 5. The average molecular weight is 299 g/mol. The van der Waals surface area contributed by atoms with E-state index in [2.05, 4.69) is 20.5 Å². The van der Waals surface area contributed by atoms with Crippen molar-refractivity contribution >= 4 is 11.5 Å². The predicted octanol–water partition coefficient (Wildman–Crippen LogP) is 1.59. The maximum absolute atomic E-state index is 10.2. The molecule has 1 aromatic carbocycles. The highest BCUT2D eigenvalue weighted by atomic mass is 16.5. The van der Waals surface area contributed by atoms with Crippen molar-refractivity contribution in [2.24, 2.45) is 0 Å². The molecule has 22 heavy (non-hydrogen) atoms. The van der Waals surface area contributed by atoms with Crippen LogP contribution in [0.25, 0.3) is 5.65 Å². The maximum atomic E-state index is 10.2. The van der Waals surface area contributed by atoms with Gasteiger partial charge in [-0.3, -0.25) is 0 Å². The molecule has 1 atom stereocenters. The Balaban J connectivity index is 1.66. The fourth-order valence-electron chi connectivity index (χ4n) is 2.13. The van der Waals surface area contributed by atoms with Crippen LogP contribution in [0.4, 0.5) is 5.82 Å². The van der Waals surface area contributed by atoms with E-state index >= 15 is 0 Å². The van der Waals surface area contributed by atoms with Crippen LogP contribution in [-0.2, 0) is 0 Å². The molecular formula is C15H17N5O2. The molecule has 0 saturated carbocycles. The lowest BCUT2D eigenvalue weighted by molar-refractivity contribution is 0.191. The molecule has 0 amide bonds. The van der Waals surface area contributed by atoms with Gasteiger partial charge in [0.05, 0.1) is 13.2 Å². The first-order chi connectivity index (χ1) is 10.7. The fourth-order valence-corrected chi connectivity index (χ4v) is 2.13. The minimum atomic E-state index is -0.638. The van der Waals surface area contributed by atoms with Gasteiger partial charge in [-0.2, -0.15) is 0 Å². The highest BCUT2D eigenvalue weighted by Crippen LogP contribution is 2.18. The molecule has 2 N–H and O–H groups in total. The lowest BCUT2D eigenvalue weighted by atomic mass is 10.1. The number of nitrogens with one attached hydrogen (secondary N) is 1. The van der Waals surface area contributed by atoms with Crippen LogP contribution in [0, 0.1) is 6.92 Å². The standard InChI is InChI=1S/C15H17N5O2/c1-10-17-15-8-7-14(19-20(15)18-10)16-9-13(21)11-3-5-12(22-2)6-4-11/h3-8,13,21H,9H2,1-2H3,(H,16,19)/t13-/m0/s1. The molecular weight excluding hydrogens is 282 g/mol. The third-order valence-electron chi connectivity index (χ3n) is 3.29. The van der Waals surface area contributed by atoms with E-state index in [0.29, 0.717) is 23.8 Å². The second kappa shape index (κ2) is 5.98. The van der Waals surface area contributed by atoms with E-state index in [1.54, 1.807) is 7.11 Å². The summed E-state index contributed by atoms with van der Waals surface area (Å²) >= 11 is 0. The van der Waals surface area contributed by atoms with Crippen LogP contribution >= 0.6 is 0 Å². The molecule has 7 nitrogen and oxygen atoms in total. The Morgan fingerprint density at radius 2 is 1.95 bits per heavy atom. The van der Waals surface area contributed by atoms with Gasteiger partial charge in [-0.25, -0.2) is 4.98 Å². The lowest BCUT2D eigenvalue weighted by Crippen LogP contribution is -2.13. The zero-order valence-electron chi connectivity index (χ0n) is 12.4. The largest absolute Gasteiger partial charge is 0.497 e. The summed E-state index contributed by atoms with van der Waals surface area (Å²) < 4.78 is 6.57. The van der Waals surface area contributed by atoms with Crippen molar-refractivity contribution in [3.05, 3.63) is 47.8 Å². The Labute approximate surface area is 127 Å². The number of fused-ring (bicyclic) bond motifs is 1. The predicted molar refractivity (Wildman–Crippen MR) is 82.0 cm³/mol. The molecule has 7 heteroatoms. The molecule has 0 radical (unpaired) electrons. The zero-order valence-corrected chi connectivity index (χ0v) is 12.4. The monoisotopic (exact) mass is 299 g/mol. The van der Waals surface area contributed by atoms with Gasteiger partial charge < -0.3 is 15.2 Å². The van der Waals surface area contributed by atoms with Gasteiger partial charge in [0, 0.05) is 6.54 Å². The summed E-state index contributed by atoms with van der Waals surface area (Å²) in [5.41, 5.74) is 1.50. The quantitative estimate of drug-likeness (QED) is 0.744. The van der Waals surface area contributed by atoms with Crippen molar-refractivity contribution in [3.8, 4) is 5.75 Å². The molecule has 2 heterocycles. The summed E-state index contributed by atoms with van der Waals surface area (Å²) in [6, 6.07) is 11.0. The Bertz CT molecular complexity index is 769. The summed E-state index contributed by atoms with van der Waals surface area (Å²) in [6.45, 7) is 2.16. The number of hydrogen-bond acceptors (Lipinski definition) is 6. The minimum Gasteiger partial charge on any atom is -0.497 e. The van der Waals surface area contributed by atoms with E-state index in [9.17, 15) is 5.11 Å². The van der Waals surface area contributed by atoms with E-state index in [0.717, 1.165) is 11.3 Å². The highest BCUT2D eigenvalue weighted by Gasteiger charge is 2.08. The first-order valence-electron chi connectivity index (χ1n) is 6.92. The van der Waals surface area contributed by atoms with Crippen LogP contribution in [0.2, 0.25) is 0 Å². The van der Waals surface area contributed by atoms with Gasteiger partial charge in [-0.1, -0.05) is 12.1 Å². The Morgan fingerprint density at radius 3 is 2.68 bits per heavy atom. The summed E-state index contributed by atoms with van der Waals surface area (Å²) in [4.78, 5) is 4.21. The fraction of sp³-hybridized carbons (Fsp3) is 0.267. The minimum absolute atomic E-state index is 0.346. The van der Waals surface area contributed by atoms with Gasteiger partial charge in [-0.15, -0.1) is 14.8 Å². The van der Waals surface area contributed by atoms with Crippen molar-refractivity contribution in [2.45, 2.75) is 13.0 Å². The molecule has 0 aliphatic rings. The smallest absolute Gasteiger partial charge is 0.176 e. The van der Waals surface area contributed by atoms with E-state index in [-0.39, 0.29) is 0 Å². The number of methoxy groups -OCH3 is 1. The van der Waals surface area contributed by atoms with Crippen LogP contribution in [-0.4, -0.2) is 38.6 Å². The number of aryl methyl sites for hydroxylation is 1. The molecule has 3 rings (SSSR count). The van der Waals surface area contributed by atoms with Crippen LogP contribution in [0.1, 0.15) is 17.5 Å². The third kappa shape index (κ3) is 2.99. The number of benzene rings is 1. The van der Waals surface area contributed by atoms with Gasteiger partial charge in [0.25, 0.3) is 0 Å². The van der Waals surface area contributed by atoms with E-state index < -0.39 is 6.10 Å². The topological polar surface area (TPSA) is 84.6 Å². The number of anilines is 1. The van der Waals surface area contributed by atoms with E-state index in [4.69, 9.17) is 4.74 Å². The van der Waals surface area contributed by atoms with Crippen LogP contribution in [0.5, 0.6) is 5.75 Å². The van der Waals surface area contributed by atoms with Crippen LogP contribution in [0.15, 0.2) is 36.4 Å². The van der Waals surface area contributed by atoms with Gasteiger partial charge in [-0.05, 0) is 36.8 Å². The summed E-state index contributed by atoms with van der Waals surface area (Å²) in [6.07, 6.45) is -0.638. The molecule has 0 fully saturated rings. The number of hydrogen-bond donors (Lipinski definition) is 2. The lowest BCUT2D eigenvalue weighted by Gasteiger charge is -2.13. The van der Waals surface area contributed by atoms with Gasteiger partial charge >= 0.3 is 0 Å². The molecule has 0 bridgehead atoms. The van der Waals surface area contributed by atoms with Gasteiger partial charge in [0.1, 0.15) is 17.4 Å². The molecule has 0 aliphatic heterocycles. The highest BCUT2D eigenvalue weighted by molar-refractivity contribution is 5.43. The zero-order chi connectivity index (χ0) is 15.5. The molecule has 2 aromatic heterocycles. The third-order valence-corrected chi connectivity index (χ3v) is 3.29. The first kappa shape index (κ1) is 14.3. The number of nitrogens with zero attached hydrogens (tertiary/aromatic N) is 4. The van der Waals surface area contributed by atoms with Gasteiger partial charge in [0.15, 0.2) is 5.65 Å². The molecule has 3 aromatic rings. The molecule has 0 unspecified atom stereocenters. The first-order valence-corrected chi connectivity index (χ1v) is 6.92. The average Bonchev–Trinajstić information content (AvgIpc) is 2.92. The van der Waals surface area contributed by atoms with Crippen molar-refractivity contribution < 1.29 is 9.84 Å². The van der Waals surface area contributed by atoms with E-state index in [1.807, 2.05) is 43.3 Å². The number of aliphatic hydroxyl groups is 1. The summed E-state index contributed by atoms with van der Waals surface area (Å²) in [7, 11) is 1.61. The second-order valence-electron chi connectivity index (χ2n) is 4.90. The molecule has 0 spiro atoms. The normalized spacial score (nSPS) is 12.3. The second-order valence-corrected chi connectivity index (χ2v) is 4.90. The van der Waals surface area contributed by atoms with Crippen molar-refractivity contribution in [1.82, 2.24) is 19.8 Å². The Kier molecular flexibility index (Phi) is 3.88. The maximum Gasteiger partial charge on any atom is 0.176 e. The number of aliphatic hydroxyl groups excluding tert-OH is 1. The number of ether oxygens (including phenoxy) is 1. The SMILES string of the molecule is COc1ccc([C@@H](O)CNc2ccc3nc(C)nn3n2)cc1. The summed E-state index contributed by atoms with van der Waals surface area (Å²) in [5, 5.41) is 21.7. The van der Waals surface area contributed by atoms with Crippen molar-refractivity contribution in [1.29, 1.82) is 0 Å². The van der Waals surface area contributed by atoms with Crippen LogP contribution in [0.3, 0.4) is 0 Å². The summed E-state index contributed by atoms with van der Waals surface area (Å²) in [5.74, 6) is 2.06. The van der Waals surface area contributed by atoms with Gasteiger partial charge in [0.2, 0.25) is 0 Å². The molecule has 0 saturated heterocycles. The Morgan fingerprint density at radius 1 is 1.18 bits per heavy atom. The molecule has 0 aliphatic carbocycles. The Hall–Kier alpha value is -2.67. The van der Waals surface area contributed by atoms with Crippen molar-refractivity contribution in [2.75, 3.05) is 19.0 Å². The van der Waals surface area contributed by atoms with Crippen molar-refractivity contribution in [3.63, 3.8) is 0 Å².